The zero-order valence-electron chi connectivity index (χ0n) is 5.41. The van der Waals surface area contributed by atoms with Crippen molar-refractivity contribution in [3.8, 4) is 0 Å². The van der Waals surface area contributed by atoms with Crippen molar-refractivity contribution in [3.63, 3.8) is 0 Å². The molecule has 1 saturated carbocycles. The van der Waals surface area contributed by atoms with Crippen LogP contribution in [0.1, 0.15) is 19.8 Å². The highest BCUT2D eigenvalue weighted by Crippen LogP contribution is 2.29. The third kappa shape index (κ3) is 0.956. The highest BCUT2D eigenvalue weighted by atomic mass is 16.4. The molecule has 0 amide bonds. The topological polar surface area (TPSA) is 60.7 Å². The normalized spacial score (nSPS) is 52.0. The van der Waals surface area contributed by atoms with Crippen molar-refractivity contribution in [1.82, 2.24) is 0 Å². The molecular formula is C6H12O3. The number of aliphatic hydroxyl groups excluding tert-OH is 2. The minimum absolute atomic E-state index is 0.494. The van der Waals surface area contributed by atoms with Gasteiger partial charge in [0, 0.05) is 0 Å². The van der Waals surface area contributed by atoms with Crippen LogP contribution in [-0.4, -0.2) is 33.1 Å². The molecule has 3 heteroatoms. The van der Waals surface area contributed by atoms with Crippen LogP contribution in [0.25, 0.3) is 0 Å². The van der Waals surface area contributed by atoms with E-state index < -0.39 is 17.8 Å². The summed E-state index contributed by atoms with van der Waals surface area (Å²) in [4.78, 5) is 0. The molecule has 0 radical (unpaired) electrons. The van der Waals surface area contributed by atoms with E-state index in [9.17, 15) is 5.11 Å². The van der Waals surface area contributed by atoms with Gasteiger partial charge in [0.2, 0.25) is 0 Å². The summed E-state index contributed by atoms with van der Waals surface area (Å²) in [5.41, 5.74) is -1.28. The average molecular weight is 132 g/mol. The smallest absolute Gasteiger partial charge is 0.113 e. The van der Waals surface area contributed by atoms with E-state index in [1.807, 2.05) is 0 Å². The van der Waals surface area contributed by atoms with E-state index >= 15 is 0 Å². The van der Waals surface area contributed by atoms with E-state index in [1.54, 1.807) is 0 Å². The second-order valence-corrected chi connectivity index (χ2v) is 2.83. The van der Waals surface area contributed by atoms with Gasteiger partial charge in [-0.05, 0) is 19.8 Å². The second kappa shape index (κ2) is 1.94. The van der Waals surface area contributed by atoms with Crippen LogP contribution in [-0.2, 0) is 0 Å². The molecule has 1 aliphatic rings. The lowest BCUT2D eigenvalue weighted by Crippen LogP contribution is -2.42. The second-order valence-electron chi connectivity index (χ2n) is 2.83. The Hall–Kier alpha value is -0.120. The molecule has 1 rings (SSSR count). The van der Waals surface area contributed by atoms with Crippen molar-refractivity contribution in [3.05, 3.63) is 0 Å². The van der Waals surface area contributed by atoms with E-state index in [0.717, 1.165) is 0 Å². The Bertz CT molecular complexity index is 98.9. The van der Waals surface area contributed by atoms with Gasteiger partial charge in [0.1, 0.15) is 5.60 Å². The van der Waals surface area contributed by atoms with Crippen molar-refractivity contribution < 1.29 is 15.3 Å². The van der Waals surface area contributed by atoms with Crippen LogP contribution in [0.5, 0.6) is 0 Å². The maximum atomic E-state index is 9.23. The van der Waals surface area contributed by atoms with Gasteiger partial charge in [-0.3, -0.25) is 0 Å². The van der Waals surface area contributed by atoms with Gasteiger partial charge in [-0.25, -0.2) is 0 Å². The van der Waals surface area contributed by atoms with Gasteiger partial charge in [-0.15, -0.1) is 0 Å². The minimum atomic E-state index is -1.28. The van der Waals surface area contributed by atoms with E-state index in [2.05, 4.69) is 0 Å². The van der Waals surface area contributed by atoms with Gasteiger partial charge < -0.3 is 15.3 Å². The monoisotopic (exact) mass is 132 g/mol. The van der Waals surface area contributed by atoms with Crippen molar-refractivity contribution in [2.45, 2.75) is 37.6 Å². The first-order valence-electron chi connectivity index (χ1n) is 3.13. The van der Waals surface area contributed by atoms with E-state index in [1.165, 1.54) is 6.92 Å². The third-order valence-corrected chi connectivity index (χ3v) is 2.06. The molecule has 3 atom stereocenters. The fraction of sp³-hybridized carbons (Fsp3) is 1.00. The molecule has 9 heavy (non-hydrogen) atoms. The molecule has 0 bridgehead atoms. The summed E-state index contributed by atoms with van der Waals surface area (Å²) in [6.45, 7) is 1.45. The quantitative estimate of drug-likeness (QED) is 0.406. The van der Waals surface area contributed by atoms with E-state index in [4.69, 9.17) is 10.2 Å². The van der Waals surface area contributed by atoms with E-state index in [0.29, 0.717) is 12.8 Å². The lowest BCUT2D eigenvalue weighted by Gasteiger charge is -2.24. The summed E-state index contributed by atoms with van der Waals surface area (Å²) < 4.78 is 0. The molecular weight excluding hydrogens is 120 g/mol. The minimum Gasteiger partial charge on any atom is -0.390 e. The zero-order chi connectivity index (χ0) is 7.07. The molecule has 0 aromatic heterocycles. The van der Waals surface area contributed by atoms with Crippen LogP contribution in [0.2, 0.25) is 0 Å². The van der Waals surface area contributed by atoms with E-state index in [-0.39, 0.29) is 0 Å². The molecule has 0 saturated heterocycles. The summed E-state index contributed by atoms with van der Waals surface area (Å²) in [6.07, 6.45) is -0.525. The van der Waals surface area contributed by atoms with Gasteiger partial charge in [-0.2, -0.15) is 0 Å². The molecule has 54 valence electrons. The SMILES string of the molecule is CC1(O)[C@H](O)CC[C@@H]1O. The van der Waals surface area contributed by atoms with Crippen molar-refractivity contribution in [2.24, 2.45) is 0 Å². The Morgan fingerprint density at radius 3 is 1.67 bits per heavy atom. The largest absolute Gasteiger partial charge is 0.390 e. The number of aliphatic hydroxyl groups is 3. The first kappa shape index (κ1) is 6.99. The molecule has 3 nitrogen and oxygen atoms in total. The lowest BCUT2D eigenvalue weighted by atomic mass is 10.0. The van der Waals surface area contributed by atoms with Crippen LogP contribution < -0.4 is 0 Å². The van der Waals surface area contributed by atoms with Crippen LogP contribution in [0.15, 0.2) is 0 Å². The van der Waals surface area contributed by atoms with Crippen molar-refractivity contribution in [2.75, 3.05) is 0 Å². The van der Waals surface area contributed by atoms with Crippen molar-refractivity contribution >= 4 is 0 Å². The van der Waals surface area contributed by atoms with Crippen LogP contribution in [0.3, 0.4) is 0 Å². The molecule has 0 spiro atoms. The van der Waals surface area contributed by atoms with Crippen LogP contribution in [0, 0.1) is 0 Å². The third-order valence-electron chi connectivity index (χ3n) is 2.06. The summed E-state index contributed by atoms with van der Waals surface area (Å²) in [5.74, 6) is 0. The van der Waals surface area contributed by atoms with Gasteiger partial charge in [-0.1, -0.05) is 0 Å². The number of hydrogen-bond donors (Lipinski definition) is 3. The Morgan fingerprint density at radius 1 is 1.22 bits per heavy atom. The highest BCUT2D eigenvalue weighted by Gasteiger charge is 2.43. The van der Waals surface area contributed by atoms with Crippen molar-refractivity contribution in [1.29, 1.82) is 0 Å². The molecule has 0 heterocycles. The Balaban J connectivity index is 2.66. The van der Waals surface area contributed by atoms with Crippen LogP contribution in [0.4, 0.5) is 0 Å². The standard InChI is InChI=1S/C6H12O3/c1-6(9)4(7)2-3-5(6)8/h4-5,7-9H,2-3H2,1H3/t4-,5+,6?. The molecule has 0 aromatic carbocycles. The fourth-order valence-corrected chi connectivity index (χ4v) is 1.12. The molecule has 1 fully saturated rings. The number of rotatable bonds is 0. The maximum absolute atomic E-state index is 9.23. The molecule has 0 aliphatic heterocycles. The fourth-order valence-electron chi connectivity index (χ4n) is 1.12. The maximum Gasteiger partial charge on any atom is 0.113 e. The zero-order valence-corrected chi connectivity index (χ0v) is 5.41. The Morgan fingerprint density at radius 2 is 1.56 bits per heavy atom. The lowest BCUT2D eigenvalue weighted by molar-refractivity contribution is -0.0981. The molecule has 0 aromatic rings. The van der Waals surface area contributed by atoms with Gasteiger partial charge in [0.05, 0.1) is 12.2 Å². The molecule has 1 aliphatic carbocycles. The predicted molar refractivity (Wildman–Crippen MR) is 31.9 cm³/mol. The van der Waals surface area contributed by atoms with Crippen LogP contribution >= 0.6 is 0 Å². The Labute approximate surface area is 53.9 Å². The summed E-state index contributed by atoms with van der Waals surface area (Å²) in [5, 5.41) is 27.3. The summed E-state index contributed by atoms with van der Waals surface area (Å²) in [6, 6.07) is 0. The Kier molecular flexibility index (Phi) is 1.50. The number of hydrogen-bond acceptors (Lipinski definition) is 3. The summed E-state index contributed by atoms with van der Waals surface area (Å²) >= 11 is 0. The van der Waals surface area contributed by atoms with Gasteiger partial charge >= 0.3 is 0 Å². The predicted octanol–water partition coefficient (Wildman–Crippen LogP) is -0.747. The first-order valence-corrected chi connectivity index (χ1v) is 3.13. The summed E-state index contributed by atoms with van der Waals surface area (Å²) in [7, 11) is 0. The molecule has 1 unspecified atom stereocenters. The highest BCUT2D eigenvalue weighted by molar-refractivity contribution is 4.95. The van der Waals surface area contributed by atoms with Gasteiger partial charge in [0.15, 0.2) is 0 Å². The first-order chi connectivity index (χ1) is 4.05. The van der Waals surface area contributed by atoms with Gasteiger partial charge in [0.25, 0.3) is 0 Å². The average Bonchev–Trinajstić information content (AvgIpc) is 1.96. The molecule has 3 N–H and O–H groups in total.